The molecule has 6 nitrogen and oxygen atoms in total. The van der Waals surface area contributed by atoms with Crippen LogP contribution < -0.4 is 4.74 Å². The van der Waals surface area contributed by atoms with Gasteiger partial charge in [0.15, 0.2) is 0 Å². The normalized spacial score (nSPS) is 14.3. The number of halogens is 1. The highest BCUT2D eigenvalue weighted by Gasteiger charge is 2.27. The number of nitrogens with zero attached hydrogens (tertiary/aromatic N) is 1. The smallest absolute Gasteiger partial charge is 0.368 e. The average Bonchev–Trinajstić information content (AvgIpc) is 3.14. The molecule has 1 aliphatic rings. The van der Waals surface area contributed by atoms with E-state index in [2.05, 4.69) is 21.1 Å². The first kappa shape index (κ1) is 20.6. The van der Waals surface area contributed by atoms with E-state index in [1.807, 2.05) is 42.5 Å². The Kier molecular flexibility index (Phi) is 5.95. The molecule has 3 aromatic rings. The van der Waals surface area contributed by atoms with E-state index in [0.29, 0.717) is 22.6 Å². The van der Waals surface area contributed by atoms with Crippen LogP contribution in [0.2, 0.25) is 0 Å². The van der Waals surface area contributed by atoms with Crippen LogP contribution in [0.3, 0.4) is 0 Å². The molecule has 0 aromatic heterocycles. The molecule has 1 aliphatic heterocycles. The number of benzene rings is 3. The second-order valence-electron chi connectivity index (χ2n) is 6.72. The standard InChI is InChI=1S/C24H16BrNO5/c25-19-10-11-21(30-14-15-6-8-17(9-7-15)23(27)28)18(12-19)13-20-22(26-31-24(20)29)16-4-2-1-3-5-16/h1-13H,14H2,(H,27,28)/b20-13-. The molecule has 0 saturated heterocycles. The fourth-order valence-electron chi connectivity index (χ4n) is 3.04. The van der Waals surface area contributed by atoms with E-state index < -0.39 is 11.9 Å². The van der Waals surface area contributed by atoms with Crippen LogP contribution in [0.1, 0.15) is 27.0 Å². The molecule has 0 amide bonds. The zero-order valence-corrected chi connectivity index (χ0v) is 17.7. The second-order valence-corrected chi connectivity index (χ2v) is 7.63. The molecular weight excluding hydrogens is 462 g/mol. The summed E-state index contributed by atoms with van der Waals surface area (Å²) >= 11 is 3.45. The lowest BCUT2D eigenvalue weighted by Gasteiger charge is -2.11. The highest BCUT2D eigenvalue weighted by Crippen LogP contribution is 2.29. The van der Waals surface area contributed by atoms with Gasteiger partial charge in [-0.15, -0.1) is 0 Å². The van der Waals surface area contributed by atoms with Crippen molar-refractivity contribution in [1.82, 2.24) is 0 Å². The molecule has 7 heteroatoms. The van der Waals surface area contributed by atoms with Gasteiger partial charge in [-0.25, -0.2) is 9.59 Å². The number of carbonyl (C=O) groups is 2. The first-order valence-electron chi connectivity index (χ1n) is 9.32. The number of rotatable bonds is 6. The summed E-state index contributed by atoms with van der Waals surface area (Å²) in [5.74, 6) is -0.951. The van der Waals surface area contributed by atoms with Gasteiger partial charge < -0.3 is 14.7 Å². The van der Waals surface area contributed by atoms with E-state index in [9.17, 15) is 9.59 Å². The maximum Gasteiger partial charge on any atom is 0.368 e. The fourth-order valence-corrected chi connectivity index (χ4v) is 3.42. The van der Waals surface area contributed by atoms with Crippen molar-refractivity contribution in [3.05, 3.63) is 105 Å². The topological polar surface area (TPSA) is 85.2 Å². The molecule has 0 saturated carbocycles. The number of ether oxygens (including phenoxy) is 1. The molecule has 0 atom stereocenters. The predicted molar refractivity (Wildman–Crippen MR) is 119 cm³/mol. The minimum absolute atomic E-state index is 0.213. The van der Waals surface area contributed by atoms with Crippen molar-refractivity contribution in [3.8, 4) is 5.75 Å². The minimum atomic E-state index is -0.978. The maximum absolute atomic E-state index is 12.3. The molecule has 0 aliphatic carbocycles. The van der Waals surface area contributed by atoms with Crippen LogP contribution in [0.25, 0.3) is 6.08 Å². The summed E-state index contributed by atoms with van der Waals surface area (Å²) in [7, 11) is 0. The molecule has 154 valence electrons. The van der Waals surface area contributed by atoms with Crippen molar-refractivity contribution in [3.63, 3.8) is 0 Å². The number of oxime groups is 1. The Balaban J connectivity index is 1.61. The quantitative estimate of drug-likeness (QED) is 0.395. The highest BCUT2D eigenvalue weighted by atomic mass is 79.9. The van der Waals surface area contributed by atoms with E-state index in [0.717, 1.165) is 15.6 Å². The Labute approximate surface area is 186 Å². The van der Waals surface area contributed by atoms with Gasteiger partial charge in [0.1, 0.15) is 18.1 Å². The van der Waals surface area contributed by atoms with Crippen LogP contribution in [-0.4, -0.2) is 22.8 Å². The van der Waals surface area contributed by atoms with Crippen molar-refractivity contribution >= 4 is 39.7 Å². The van der Waals surface area contributed by atoms with Gasteiger partial charge in [-0.05, 0) is 42.0 Å². The van der Waals surface area contributed by atoms with Gasteiger partial charge in [-0.1, -0.05) is 63.6 Å². The summed E-state index contributed by atoms with van der Waals surface area (Å²) in [4.78, 5) is 28.2. The first-order chi connectivity index (χ1) is 15.0. The van der Waals surface area contributed by atoms with Gasteiger partial charge in [-0.3, -0.25) is 0 Å². The molecule has 31 heavy (non-hydrogen) atoms. The Hall–Kier alpha value is -3.71. The predicted octanol–water partition coefficient (Wildman–Crippen LogP) is 5.07. The number of aromatic carboxylic acids is 1. The minimum Gasteiger partial charge on any atom is -0.488 e. The molecular formula is C24H16BrNO5. The monoisotopic (exact) mass is 477 g/mol. The van der Waals surface area contributed by atoms with Gasteiger partial charge in [-0.2, -0.15) is 0 Å². The summed E-state index contributed by atoms with van der Waals surface area (Å²) in [5, 5.41) is 12.9. The third-order valence-electron chi connectivity index (χ3n) is 4.61. The lowest BCUT2D eigenvalue weighted by Crippen LogP contribution is -2.07. The Morgan fingerprint density at radius 2 is 1.81 bits per heavy atom. The molecule has 0 unspecified atom stereocenters. The third kappa shape index (κ3) is 4.73. The lowest BCUT2D eigenvalue weighted by atomic mass is 10.0. The van der Waals surface area contributed by atoms with Crippen LogP contribution in [-0.2, 0) is 16.2 Å². The first-order valence-corrected chi connectivity index (χ1v) is 10.1. The van der Waals surface area contributed by atoms with E-state index in [4.69, 9.17) is 14.7 Å². The van der Waals surface area contributed by atoms with E-state index in [1.54, 1.807) is 24.3 Å². The summed E-state index contributed by atoms with van der Waals surface area (Å²) in [6.07, 6.45) is 1.69. The average molecular weight is 478 g/mol. The SMILES string of the molecule is O=C1ON=C(c2ccccc2)/C1=C/c1cc(Br)ccc1OCc1ccc(C(=O)O)cc1. The van der Waals surface area contributed by atoms with Crippen molar-refractivity contribution < 1.29 is 24.3 Å². The molecule has 1 N–H and O–H groups in total. The van der Waals surface area contributed by atoms with Gasteiger partial charge in [0.2, 0.25) is 0 Å². The zero-order chi connectivity index (χ0) is 21.8. The lowest BCUT2D eigenvalue weighted by molar-refractivity contribution is -0.136. The second kappa shape index (κ2) is 8.97. The molecule has 0 fully saturated rings. The number of hydrogen-bond donors (Lipinski definition) is 1. The molecule has 3 aromatic carbocycles. The summed E-state index contributed by atoms with van der Waals surface area (Å²) in [6, 6.07) is 21.3. The van der Waals surface area contributed by atoms with Crippen molar-refractivity contribution in [2.75, 3.05) is 0 Å². The number of carboxylic acids is 1. The Morgan fingerprint density at radius 3 is 2.52 bits per heavy atom. The van der Waals surface area contributed by atoms with Crippen LogP contribution in [0.4, 0.5) is 0 Å². The highest BCUT2D eigenvalue weighted by molar-refractivity contribution is 9.10. The van der Waals surface area contributed by atoms with Crippen molar-refractivity contribution in [1.29, 1.82) is 0 Å². The van der Waals surface area contributed by atoms with Crippen molar-refractivity contribution in [2.45, 2.75) is 6.61 Å². The fraction of sp³-hybridized carbons (Fsp3) is 0.0417. The number of hydrogen-bond acceptors (Lipinski definition) is 5. The Bertz CT molecular complexity index is 1200. The van der Waals surface area contributed by atoms with E-state index >= 15 is 0 Å². The number of carbonyl (C=O) groups excluding carboxylic acids is 1. The van der Waals surface area contributed by atoms with Gasteiger partial charge in [0.25, 0.3) is 0 Å². The van der Waals surface area contributed by atoms with Crippen LogP contribution >= 0.6 is 15.9 Å². The van der Waals surface area contributed by atoms with E-state index in [-0.39, 0.29) is 12.2 Å². The number of carboxylic acid groups (broad SMARTS) is 1. The Morgan fingerprint density at radius 1 is 1.06 bits per heavy atom. The van der Waals surface area contributed by atoms with Gasteiger partial charge in [0, 0.05) is 15.6 Å². The van der Waals surface area contributed by atoms with Crippen LogP contribution in [0, 0.1) is 0 Å². The summed E-state index contributed by atoms with van der Waals surface area (Å²) in [6.45, 7) is 0.238. The van der Waals surface area contributed by atoms with E-state index in [1.165, 1.54) is 12.1 Å². The summed E-state index contributed by atoms with van der Waals surface area (Å²) < 4.78 is 6.78. The molecule has 0 bridgehead atoms. The zero-order valence-electron chi connectivity index (χ0n) is 16.1. The van der Waals surface area contributed by atoms with Crippen molar-refractivity contribution in [2.24, 2.45) is 5.16 Å². The molecule has 0 spiro atoms. The van der Waals surface area contributed by atoms with Crippen LogP contribution in [0.15, 0.2) is 88.0 Å². The maximum atomic E-state index is 12.3. The third-order valence-corrected chi connectivity index (χ3v) is 5.10. The molecule has 0 radical (unpaired) electrons. The molecule has 4 rings (SSSR count). The van der Waals surface area contributed by atoms with Gasteiger partial charge >= 0.3 is 11.9 Å². The van der Waals surface area contributed by atoms with Crippen LogP contribution in [0.5, 0.6) is 5.75 Å². The van der Waals surface area contributed by atoms with Gasteiger partial charge in [0.05, 0.1) is 11.1 Å². The molecule has 1 heterocycles. The largest absolute Gasteiger partial charge is 0.488 e. The summed E-state index contributed by atoms with van der Waals surface area (Å²) in [5.41, 5.74) is 3.27.